The second-order valence-electron chi connectivity index (χ2n) is 7.07. The summed E-state index contributed by atoms with van der Waals surface area (Å²) in [5.74, 6) is -0.560. The van der Waals surface area contributed by atoms with Gasteiger partial charge in [-0.15, -0.1) is 0 Å². The van der Waals surface area contributed by atoms with Gasteiger partial charge in [-0.25, -0.2) is 4.98 Å². The van der Waals surface area contributed by atoms with E-state index in [0.717, 1.165) is 5.56 Å². The minimum absolute atomic E-state index is 0.0994. The van der Waals surface area contributed by atoms with Crippen LogP contribution in [0.5, 0.6) is 0 Å². The summed E-state index contributed by atoms with van der Waals surface area (Å²) in [6.45, 7) is 4.17. The van der Waals surface area contributed by atoms with Crippen molar-refractivity contribution in [2.24, 2.45) is 0 Å². The lowest BCUT2D eigenvalue weighted by molar-refractivity contribution is -0.117. The van der Waals surface area contributed by atoms with Gasteiger partial charge in [-0.1, -0.05) is 19.1 Å². The van der Waals surface area contributed by atoms with Crippen LogP contribution in [0.1, 0.15) is 35.7 Å². The molecule has 1 heterocycles. The molecule has 0 saturated heterocycles. The summed E-state index contributed by atoms with van der Waals surface area (Å²) in [4.78, 5) is 40.5. The Morgan fingerprint density at radius 1 is 0.968 bits per heavy atom. The Morgan fingerprint density at radius 3 is 2.48 bits per heavy atom. The molecule has 8 nitrogen and oxygen atoms in total. The molecule has 0 radical (unpaired) electrons. The number of carbonyl (C=O) groups excluding carboxylic acids is 3. The first kappa shape index (κ1) is 21.8. The fourth-order valence-electron chi connectivity index (χ4n) is 2.89. The van der Waals surface area contributed by atoms with Crippen molar-refractivity contribution < 1.29 is 14.4 Å². The summed E-state index contributed by atoms with van der Waals surface area (Å²) < 4.78 is 1.82. The molecular weight excluding hydrogens is 394 g/mol. The molecule has 3 amide bonds. The van der Waals surface area contributed by atoms with Crippen LogP contribution in [0.4, 0.5) is 17.1 Å². The largest absolute Gasteiger partial charge is 0.337 e. The molecule has 3 N–H and O–H groups in total. The molecule has 0 unspecified atom stereocenters. The van der Waals surface area contributed by atoms with Gasteiger partial charge >= 0.3 is 0 Å². The zero-order valence-electron chi connectivity index (χ0n) is 17.5. The molecule has 0 spiro atoms. The third kappa shape index (κ3) is 6.27. The van der Waals surface area contributed by atoms with Crippen LogP contribution in [0.2, 0.25) is 0 Å². The zero-order valence-corrected chi connectivity index (χ0v) is 17.5. The summed E-state index contributed by atoms with van der Waals surface area (Å²) in [6, 6.07) is 12.1. The smallest absolute Gasteiger partial charge is 0.255 e. The number of aromatic nitrogens is 2. The van der Waals surface area contributed by atoms with Crippen molar-refractivity contribution in [1.82, 2.24) is 9.55 Å². The van der Waals surface area contributed by atoms with Crippen molar-refractivity contribution >= 4 is 34.8 Å². The van der Waals surface area contributed by atoms with E-state index in [-0.39, 0.29) is 17.7 Å². The molecule has 3 aromatic rings. The standard InChI is InChI=1S/C23H25N5O3/c1-3-21(29)25-19-8-7-16(2)20(14-19)27-23(31)17-5-4-6-18(13-17)26-22(30)9-11-28-12-10-24-15-28/h4-8,10,12-15H,3,9,11H2,1-2H3,(H,25,29)(H,26,30)(H,27,31). The highest BCUT2D eigenvalue weighted by Crippen LogP contribution is 2.22. The Labute approximate surface area is 180 Å². The van der Waals surface area contributed by atoms with E-state index in [1.165, 1.54) is 0 Å². The third-order valence-electron chi connectivity index (χ3n) is 4.66. The zero-order chi connectivity index (χ0) is 22.2. The van der Waals surface area contributed by atoms with E-state index >= 15 is 0 Å². The lowest BCUT2D eigenvalue weighted by Gasteiger charge is -2.12. The monoisotopic (exact) mass is 419 g/mol. The molecule has 2 aromatic carbocycles. The first-order valence-corrected chi connectivity index (χ1v) is 10.0. The second kappa shape index (κ2) is 10.2. The van der Waals surface area contributed by atoms with Crippen molar-refractivity contribution in [2.45, 2.75) is 33.2 Å². The number of imidazole rings is 1. The maximum atomic E-state index is 12.8. The predicted octanol–water partition coefficient (Wildman–Crippen LogP) is 3.82. The first-order chi connectivity index (χ1) is 14.9. The number of hydrogen-bond donors (Lipinski definition) is 3. The molecule has 0 saturated carbocycles. The highest BCUT2D eigenvalue weighted by molar-refractivity contribution is 6.06. The van der Waals surface area contributed by atoms with Crippen LogP contribution in [-0.2, 0) is 16.1 Å². The minimum Gasteiger partial charge on any atom is -0.337 e. The van der Waals surface area contributed by atoms with Crippen molar-refractivity contribution in [3.05, 3.63) is 72.3 Å². The van der Waals surface area contributed by atoms with E-state index in [1.807, 2.05) is 17.6 Å². The van der Waals surface area contributed by atoms with Crippen molar-refractivity contribution in [3.8, 4) is 0 Å². The van der Waals surface area contributed by atoms with Crippen LogP contribution in [0, 0.1) is 6.92 Å². The average Bonchev–Trinajstić information content (AvgIpc) is 3.28. The molecule has 0 atom stereocenters. The van der Waals surface area contributed by atoms with Crippen LogP contribution in [-0.4, -0.2) is 27.3 Å². The number of carbonyl (C=O) groups is 3. The molecule has 0 aliphatic rings. The van der Waals surface area contributed by atoms with Crippen LogP contribution in [0.15, 0.2) is 61.2 Å². The van der Waals surface area contributed by atoms with Crippen molar-refractivity contribution in [3.63, 3.8) is 0 Å². The fourth-order valence-corrected chi connectivity index (χ4v) is 2.89. The summed E-state index contributed by atoms with van der Waals surface area (Å²) >= 11 is 0. The van der Waals surface area contributed by atoms with E-state index in [2.05, 4.69) is 20.9 Å². The first-order valence-electron chi connectivity index (χ1n) is 10.0. The molecule has 0 aliphatic heterocycles. The average molecular weight is 419 g/mol. The molecule has 3 rings (SSSR count). The van der Waals surface area contributed by atoms with E-state index in [4.69, 9.17) is 0 Å². The second-order valence-corrected chi connectivity index (χ2v) is 7.07. The van der Waals surface area contributed by atoms with Gasteiger partial charge in [0.15, 0.2) is 0 Å². The van der Waals surface area contributed by atoms with Crippen molar-refractivity contribution in [1.29, 1.82) is 0 Å². The molecule has 31 heavy (non-hydrogen) atoms. The SMILES string of the molecule is CCC(=O)Nc1ccc(C)c(NC(=O)c2cccc(NC(=O)CCn3ccnc3)c2)c1. The highest BCUT2D eigenvalue weighted by Gasteiger charge is 2.11. The van der Waals surface area contributed by atoms with Crippen LogP contribution < -0.4 is 16.0 Å². The minimum atomic E-state index is -0.309. The number of nitrogens with zero attached hydrogens (tertiary/aromatic N) is 2. The van der Waals surface area contributed by atoms with Crippen molar-refractivity contribution in [2.75, 3.05) is 16.0 Å². The van der Waals surface area contributed by atoms with Gasteiger partial charge in [0.25, 0.3) is 5.91 Å². The predicted molar refractivity (Wildman–Crippen MR) is 120 cm³/mol. The van der Waals surface area contributed by atoms with Crippen LogP contribution in [0.25, 0.3) is 0 Å². The van der Waals surface area contributed by atoms with E-state index < -0.39 is 0 Å². The lowest BCUT2D eigenvalue weighted by Crippen LogP contribution is -2.16. The molecule has 1 aromatic heterocycles. The van der Waals surface area contributed by atoms with Gasteiger partial charge in [0, 0.05) is 54.4 Å². The molecule has 0 aliphatic carbocycles. The normalized spacial score (nSPS) is 10.4. The van der Waals surface area contributed by atoms with E-state index in [9.17, 15) is 14.4 Å². The number of rotatable bonds is 8. The van der Waals surface area contributed by atoms with Gasteiger partial charge in [-0.05, 0) is 42.8 Å². The molecule has 0 bridgehead atoms. The van der Waals surface area contributed by atoms with E-state index in [1.54, 1.807) is 62.0 Å². The van der Waals surface area contributed by atoms with E-state index in [0.29, 0.717) is 42.0 Å². The maximum absolute atomic E-state index is 12.8. The Morgan fingerprint density at radius 2 is 1.74 bits per heavy atom. The van der Waals surface area contributed by atoms with Crippen LogP contribution in [0.3, 0.4) is 0 Å². The van der Waals surface area contributed by atoms with Crippen LogP contribution >= 0.6 is 0 Å². The molecule has 8 heteroatoms. The fraction of sp³-hybridized carbons (Fsp3) is 0.217. The number of aryl methyl sites for hydroxylation is 2. The highest BCUT2D eigenvalue weighted by atomic mass is 16.2. The Hall–Kier alpha value is -3.94. The van der Waals surface area contributed by atoms with Gasteiger partial charge in [-0.2, -0.15) is 0 Å². The van der Waals surface area contributed by atoms with Gasteiger partial charge < -0.3 is 20.5 Å². The van der Waals surface area contributed by atoms with Gasteiger partial charge in [0.1, 0.15) is 0 Å². The summed E-state index contributed by atoms with van der Waals surface area (Å²) in [5.41, 5.74) is 3.05. The Kier molecular flexibility index (Phi) is 7.16. The Bertz CT molecular complexity index is 1080. The summed E-state index contributed by atoms with van der Waals surface area (Å²) in [6.07, 6.45) is 5.78. The van der Waals surface area contributed by atoms with Gasteiger partial charge in [0.2, 0.25) is 11.8 Å². The summed E-state index contributed by atoms with van der Waals surface area (Å²) in [5, 5.41) is 8.46. The number of anilines is 3. The maximum Gasteiger partial charge on any atom is 0.255 e. The molecule has 0 fully saturated rings. The quantitative estimate of drug-likeness (QED) is 0.516. The number of nitrogens with one attached hydrogen (secondary N) is 3. The van der Waals surface area contributed by atoms with Gasteiger partial charge in [0.05, 0.1) is 6.33 Å². The Balaban J connectivity index is 1.64. The topological polar surface area (TPSA) is 105 Å². The summed E-state index contributed by atoms with van der Waals surface area (Å²) in [7, 11) is 0. The molecule has 160 valence electrons. The number of hydrogen-bond acceptors (Lipinski definition) is 4. The third-order valence-corrected chi connectivity index (χ3v) is 4.66. The molecular formula is C23H25N5O3. The lowest BCUT2D eigenvalue weighted by atomic mass is 10.1. The van der Waals surface area contributed by atoms with Gasteiger partial charge in [-0.3, -0.25) is 14.4 Å². The number of benzene rings is 2. The number of amides is 3.